The van der Waals surface area contributed by atoms with Gasteiger partial charge in [-0.05, 0) is 49.3 Å². The second-order valence-electron chi connectivity index (χ2n) is 6.29. The molecule has 0 radical (unpaired) electrons. The van der Waals surface area contributed by atoms with E-state index >= 15 is 0 Å². The van der Waals surface area contributed by atoms with E-state index < -0.39 is 0 Å². The van der Waals surface area contributed by atoms with Crippen LogP contribution < -0.4 is 0 Å². The van der Waals surface area contributed by atoms with Gasteiger partial charge in [0.05, 0.1) is 6.67 Å². The van der Waals surface area contributed by atoms with E-state index in [9.17, 15) is 0 Å². The van der Waals surface area contributed by atoms with E-state index in [0.717, 1.165) is 31.0 Å². The van der Waals surface area contributed by atoms with Gasteiger partial charge in [0.15, 0.2) is 4.77 Å². The summed E-state index contributed by atoms with van der Waals surface area (Å²) in [5, 5.41) is 7.00. The van der Waals surface area contributed by atoms with Crippen LogP contribution in [0.15, 0.2) is 17.5 Å². The first-order chi connectivity index (χ1) is 10.8. The lowest BCUT2D eigenvalue weighted by Gasteiger charge is -2.23. The summed E-state index contributed by atoms with van der Waals surface area (Å²) >= 11 is 7.55. The molecule has 0 unspecified atom stereocenters. The molecule has 4 nitrogen and oxygen atoms in total. The molecule has 6 heteroatoms. The predicted octanol–water partition coefficient (Wildman–Crippen LogP) is 4.00. The van der Waals surface area contributed by atoms with Crippen molar-refractivity contribution in [3.05, 3.63) is 33.0 Å². The number of rotatable bonds is 3. The van der Waals surface area contributed by atoms with Crippen LogP contribution in [-0.2, 0) is 19.6 Å². The van der Waals surface area contributed by atoms with Crippen LogP contribution in [0.2, 0.25) is 0 Å². The number of aryl methyl sites for hydroxylation is 1. The fourth-order valence-electron chi connectivity index (χ4n) is 3.69. The first-order valence-electron chi connectivity index (χ1n) is 8.27. The van der Waals surface area contributed by atoms with Gasteiger partial charge >= 0.3 is 0 Å². The Balaban J connectivity index is 1.57. The molecule has 22 heavy (non-hydrogen) atoms. The Morgan fingerprint density at radius 1 is 1.23 bits per heavy atom. The molecule has 0 aromatic carbocycles. The fourth-order valence-corrected chi connectivity index (χ4v) is 4.88. The zero-order valence-electron chi connectivity index (χ0n) is 12.8. The van der Waals surface area contributed by atoms with Crippen molar-refractivity contribution in [2.75, 3.05) is 6.54 Å². The van der Waals surface area contributed by atoms with E-state index in [1.54, 1.807) is 0 Å². The van der Waals surface area contributed by atoms with Crippen LogP contribution in [0.4, 0.5) is 0 Å². The van der Waals surface area contributed by atoms with Crippen LogP contribution in [0.1, 0.15) is 48.8 Å². The van der Waals surface area contributed by atoms with Crippen LogP contribution >= 0.6 is 23.6 Å². The van der Waals surface area contributed by atoms with Crippen molar-refractivity contribution in [3.63, 3.8) is 0 Å². The molecule has 2 aliphatic heterocycles. The molecule has 4 heterocycles. The van der Waals surface area contributed by atoms with E-state index in [1.165, 1.54) is 42.8 Å². The van der Waals surface area contributed by atoms with Crippen molar-refractivity contribution >= 4 is 23.6 Å². The first-order valence-corrected chi connectivity index (χ1v) is 9.56. The van der Waals surface area contributed by atoms with Gasteiger partial charge < -0.3 is 4.57 Å². The average molecular weight is 335 g/mol. The number of likely N-dealkylation sites (tertiary alicyclic amines) is 1. The Morgan fingerprint density at radius 2 is 2.18 bits per heavy atom. The molecule has 1 fully saturated rings. The fraction of sp³-hybridized carbons (Fsp3) is 0.625. The molecule has 0 spiro atoms. The highest BCUT2D eigenvalue weighted by Gasteiger charge is 2.27. The molecule has 0 N–H and O–H groups in total. The molecule has 2 aromatic rings. The van der Waals surface area contributed by atoms with Crippen molar-refractivity contribution in [1.29, 1.82) is 0 Å². The molecule has 0 saturated carbocycles. The summed E-state index contributed by atoms with van der Waals surface area (Å²) in [5.74, 6) is 1.19. The molecule has 2 aliphatic rings. The number of nitrogens with zero attached hydrogens (tertiary/aromatic N) is 4. The lowest BCUT2D eigenvalue weighted by molar-refractivity contribution is 0.191. The highest BCUT2D eigenvalue weighted by Crippen LogP contribution is 2.34. The van der Waals surface area contributed by atoms with Gasteiger partial charge in [-0.1, -0.05) is 12.5 Å². The van der Waals surface area contributed by atoms with Gasteiger partial charge in [-0.2, -0.15) is 5.10 Å². The molecule has 1 saturated heterocycles. The molecule has 4 rings (SSSR count). The van der Waals surface area contributed by atoms with Crippen LogP contribution in [0, 0.1) is 4.77 Å². The van der Waals surface area contributed by atoms with Crippen molar-refractivity contribution in [2.24, 2.45) is 0 Å². The second-order valence-corrected chi connectivity index (χ2v) is 7.63. The van der Waals surface area contributed by atoms with E-state index in [4.69, 9.17) is 17.3 Å². The molecular weight excluding hydrogens is 312 g/mol. The van der Waals surface area contributed by atoms with Gasteiger partial charge in [-0.15, -0.1) is 11.3 Å². The summed E-state index contributed by atoms with van der Waals surface area (Å²) < 4.78 is 5.23. The van der Waals surface area contributed by atoms with Gasteiger partial charge in [0.2, 0.25) is 0 Å². The zero-order valence-corrected chi connectivity index (χ0v) is 14.4. The average Bonchev–Trinajstić information content (AvgIpc) is 3.20. The van der Waals surface area contributed by atoms with Crippen LogP contribution in [0.25, 0.3) is 0 Å². The number of fused-ring (bicyclic) bond motifs is 1. The second kappa shape index (κ2) is 6.26. The lowest BCUT2D eigenvalue weighted by Crippen LogP contribution is -2.26. The Morgan fingerprint density at radius 3 is 3.05 bits per heavy atom. The Labute approximate surface area is 140 Å². The van der Waals surface area contributed by atoms with Crippen LogP contribution in [0.3, 0.4) is 0 Å². The maximum absolute atomic E-state index is 5.68. The molecule has 1 atom stereocenters. The summed E-state index contributed by atoms with van der Waals surface area (Å²) in [6.07, 6.45) is 7.36. The lowest BCUT2D eigenvalue weighted by atomic mass is 10.2. The number of thiophene rings is 1. The van der Waals surface area contributed by atoms with E-state index in [-0.39, 0.29) is 0 Å². The minimum absolute atomic E-state index is 0.545. The third-order valence-electron chi connectivity index (χ3n) is 4.83. The minimum Gasteiger partial charge on any atom is -0.304 e. The SMILES string of the molecule is S=c1n(CN2CCC[C@@H]2c2cccs2)nc2n1CCCCC2. The number of hydrogen-bond acceptors (Lipinski definition) is 4. The van der Waals surface area contributed by atoms with Crippen LogP contribution in [0.5, 0.6) is 0 Å². The Hall–Kier alpha value is -0.980. The third-order valence-corrected chi connectivity index (χ3v) is 6.24. The number of hydrogen-bond donors (Lipinski definition) is 0. The van der Waals surface area contributed by atoms with Gasteiger partial charge in [-0.25, -0.2) is 4.68 Å². The van der Waals surface area contributed by atoms with Gasteiger partial charge in [0.1, 0.15) is 5.82 Å². The summed E-state index contributed by atoms with van der Waals surface area (Å²) in [7, 11) is 0. The highest BCUT2D eigenvalue weighted by atomic mass is 32.1. The predicted molar refractivity (Wildman–Crippen MR) is 91.6 cm³/mol. The molecule has 0 aliphatic carbocycles. The molecule has 2 aromatic heterocycles. The maximum atomic E-state index is 5.68. The van der Waals surface area contributed by atoms with E-state index in [1.807, 2.05) is 11.3 Å². The van der Waals surface area contributed by atoms with Crippen molar-refractivity contribution in [3.8, 4) is 0 Å². The van der Waals surface area contributed by atoms with Crippen LogP contribution in [-0.4, -0.2) is 25.8 Å². The molecule has 0 bridgehead atoms. The van der Waals surface area contributed by atoms with Gasteiger partial charge in [0, 0.05) is 30.4 Å². The Kier molecular flexibility index (Phi) is 4.15. The zero-order chi connectivity index (χ0) is 14.9. The largest absolute Gasteiger partial charge is 0.304 e. The monoisotopic (exact) mass is 334 g/mol. The molecule has 118 valence electrons. The van der Waals surface area contributed by atoms with E-state index in [0.29, 0.717) is 6.04 Å². The molecular formula is C16H22N4S2. The maximum Gasteiger partial charge on any atom is 0.199 e. The van der Waals surface area contributed by atoms with E-state index in [2.05, 4.69) is 31.7 Å². The summed E-state index contributed by atoms with van der Waals surface area (Å²) in [6.45, 7) is 3.02. The summed E-state index contributed by atoms with van der Waals surface area (Å²) in [5.41, 5.74) is 0. The quantitative estimate of drug-likeness (QED) is 0.794. The van der Waals surface area contributed by atoms with Crippen molar-refractivity contribution in [2.45, 2.75) is 57.8 Å². The first kappa shape index (κ1) is 14.6. The summed E-state index contributed by atoms with van der Waals surface area (Å²) in [4.78, 5) is 4.01. The normalized spacial score (nSPS) is 22.6. The third kappa shape index (κ3) is 2.68. The highest BCUT2D eigenvalue weighted by molar-refractivity contribution is 7.71. The minimum atomic E-state index is 0.545. The van der Waals surface area contributed by atoms with Gasteiger partial charge in [0.25, 0.3) is 0 Å². The smallest absolute Gasteiger partial charge is 0.199 e. The van der Waals surface area contributed by atoms with Gasteiger partial charge in [-0.3, -0.25) is 4.90 Å². The standard InChI is InChI=1S/C16H22N4S2/c21-16-19-10-3-1-2-8-15(19)17-20(16)12-18-9-4-6-13(18)14-7-5-11-22-14/h5,7,11,13H,1-4,6,8-10,12H2/t13-/m1/s1. The number of aromatic nitrogens is 3. The molecule has 0 amide bonds. The summed E-state index contributed by atoms with van der Waals surface area (Å²) in [6, 6.07) is 4.96. The van der Waals surface area contributed by atoms with Crippen molar-refractivity contribution in [1.82, 2.24) is 19.2 Å². The topological polar surface area (TPSA) is 26.0 Å². The van der Waals surface area contributed by atoms with Crippen molar-refractivity contribution < 1.29 is 0 Å². The Bertz CT molecular complexity index is 686.